The van der Waals surface area contributed by atoms with Gasteiger partial charge in [0.05, 0.1) is 0 Å². The van der Waals surface area contributed by atoms with Gasteiger partial charge < -0.3 is 10.4 Å². The average molecular weight is 291 g/mol. The third kappa shape index (κ3) is 3.43. The summed E-state index contributed by atoms with van der Waals surface area (Å²) in [5.41, 5.74) is 0. The van der Waals surface area contributed by atoms with Gasteiger partial charge in [0.15, 0.2) is 5.82 Å². The van der Waals surface area contributed by atoms with Crippen LogP contribution in [0.2, 0.25) is 0 Å². The SMILES string of the molecule is O=C(O)Cn1ccc(NC(=O)[C@H]2C[C@@H]2C2CCCCC2)n1. The Labute approximate surface area is 123 Å². The molecular formula is C15H21N3O3. The molecule has 114 valence electrons. The number of rotatable bonds is 5. The van der Waals surface area contributed by atoms with Crippen LogP contribution in [0.4, 0.5) is 5.82 Å². The molecule has 0 radical (unpaired) electrons. The number of hydrogen-bond donors (Lipinski definition) is 2. The van der Waals surface area contributed by atoms with Crippen LogP contribution in [0.1, 0.15) is 38.5 Å². The fourth-order valence-electron chi connectivity index (χ4n) is 3.47. The fourth-order valence-corrected chi connectivity index (χ4v) is 3.47. The zero-order chi connectivity index (χ0) is 14.8. The molecule has 2 fully saturated rings. The molecule has 0 saturated heterocycles. The first-order valence-corrected chi connectivity index (χ1v) is 7.69. The number of aromatic nitrogens is 2. The standard InChI is InChI=1S/C15H21N3O3/c19-14(20)9-18-7-6-13(17-18)16-15(21)12-8-11(12)10-4-2-1-3-5-10/h6-7,10-12H,1-5,8-9H2,(H,19,20)(H,16,17,21)/t11-,12+/m1/s1. The normalized spacial score (nSPS) is 25.5. The molecule has 6 nitrogen and oxygen atoms in total. The van der Waals surface area contributed by atoms with Crippen molar-refractivity contribution in [3.8, 4) is 0 Å². The van der Waals surface area contributed by atoms with E-state index in [1.807, 2.05) is 0 Å². The Hall–Kier alpha value is -1.85. The third-order valence-corrected chi connectivity index (χ3v) is 4.62. The Balaban J connectivity index is 1.50. The first-order valence-electron chi connectivity index (χ1n) is 7.69. The van der Waals surface area contributed by atoms with Crippen molar-refractivity contribution >= 4 is 17.7 Å². The highest BCUT2D eigenvalue weighted by Crippen LogP contribution is 2.49. The van der Waals surface area contributed by atoms with Crippen LogP contribution in [-0.2, 0) is 16.1 Å². The molecule has 2 saturated carbocycles. The van der Waals surface area contributed by atoms with Gasteiger partial charge in [-0.15, -0.1) is 0 Å². The molecule has 1 heterocycles. The van der Waals surface area contributed by atoms with E-state index in [2.05, 4.69) is 10.4 Å². The van der Waals surface area contributed by atoms with Crippen molar-refractivity contribution in [1.29, 1.82) is 0 Å². The lowest BCUT2D eigenvalue weighted by Gasteiger charge is -2.21. The second kappa shape index (κ2) is 5.87. The number of amides is 1. The van der Waals surface area contributed by atoms with E-state index in [9.17, 15) is 9.59 Å². The molecule has 2 N–H and O–H groups in total. The molecule has 6 heteroatoms. The number of aliphatic carboxylic acids is 1. The van der Waals surface area contributed by atoms with Crippen molar-refractivity contribution in [1.82, 2.24) is 9.78 Å². The second-order valence-electron chi connectivity index (χ2n) is 6.19. The third-order valence-electron chi connectivity index (χ3n) is 4.62. The summed E-state index contributed by atoms with van der Waals surface area (Å²) in [4.78, 5) is 22.8. The molecule has 1 aromatic rings. The van der Waals surface area contributed by atoms with E-state index >= 15 is 0 Å². The van der Waals surface area contributed by atoms with Crippen LogP contribution >= 0.6 is 0 Å². The van der Waals surface area contributed by atoms with E-state index < -0.39 is 5.97 Å². The van der Waals surface area contributed by atoms with Gasteiger partial charge in [-0.1, -0.05) is 32.1 Å². The summed E-state index contributed by atoms with van der Waals surface area (Å²) in [5, 5.41) is 15.5. The number of nitrogens with zero attached hydrogens (tertiary/aromatic N) is 2. The minimum Gasteiger partial charge on any atom is -0.480 e. The van der Waals surface area contributed by atoms with Crippen LogP contribution < -0.4 is 5.32 Å². The topological polar surface area (TPSA) is 84.2 Å². The Morgan fingerprint density at radius 3 is 2.81 bits per heavy atom. The zero-order valence-electron chi connectivity index (χ0n) is 12.0. The molecule has 0 spiro atoms. The Morgan fingerprint density at radius 2 is 2.10 bits per heavy atom. The van der Waals surface area contributed by atoms with Crippen LogP contribution in [0.3, 0.4) is 0 Å². The highest BCUT2D eigenvalue weighted by Gasteiger charge is 2.47. The minimum absolute atomic E-state index is 0.0335. The van der Waals surface area contributed by atoms with Crippen LogP contribution in [0, 0.1) is 17.8 Å². The van der Waals surface area contributed by atoms with E-state index in [-0.39, 0.29) is 18.4 Å². The lowest BCUT2D eigenvalue weighted by molar-refractivity contribution is -0.137. The lowest BCUT2D eigenvalue weighted by atomic mass is 9.85. The van der Waals surface area contributed by atoms with Gasteiger partial charge in [-0.05, 0) is 18.3 Å². The smallest absolute Gasteiger partial charge is 0.325 e. The van der Waals surface area contributed by atoms with E-state index in [4.69, 9.17) is 5.11 Å². The van der Waals surface area contributed by atoms with Gasteiger partial charge in [-0.25, -0.2) is 0 Å². The molecule has 2 aliphatic carbocycles. The number of anilines is 1. The first kappa shape index (κ1) is 14.1. The van der Waals surface area contributed by atoms with Gasteiger partial charge >= 0.3 is 5.97 Å². The largest absolute Gasteiger partial charge is 0.480 e. The minimum atomic E-state index is -0.949. The van der Waals surface area contributed by atoms with Gasteiger partial charge in [0.25, 0.3) is 0 Å². The molecule has 1 aromatic heterocycles. The highest BCUT2D eigenvalue weighted by atomic mass is 16.4. The monoisotopic (exact) mass is 291 g/mol. The molecule has 1 amide bonds. The Bertz CT molecular complexity index is 534. The Morgan fingerprint density at radius 1 is 1.33 bits per heavy atom. The number of carbonyl (C=O) groups excluding carboxylic acids is 1. The maximum absolute atomic E-state index is 12.2. The second-order valence-corrected chi connectivity index (χ2v) is 6.19. The molecule has 21 heavy (non-hydrogen) atoms. The van der Waals surface area contributed by atoms with Gasteiger partial charge in [0, 0.05) is 18.2 Å². The van der Waals surface area contributed by atoms with E-state index in [0.717, 1.165) is 12.3 Å². The summed E-state index contributed by atoms with van der Waals surface area (Å²) in [6.45, 7) is -0.190. The van der Waals surface area contributed by atoms with Gasteiger partial charge in [0.1, 0.15) is 6.54 Å². The molecule has 0 unspecified atom stereocenters. The van der Waals surface area contributed by atoms with Gasteiger partial charge in [0.2, 0.25) is 5.91 Å². The van der Waals surface area contributed by atoms with Crippen molar-refractivity contribution in [2.45, 2.75) is 45.1 Å². The number of carbonyl (C=O) groups is 2. The summed E-state index contributed by atoms with van der Waals surface area (Å²) < 4.78 is 1.31. The van der Waals surface area contributed by atoms with Crippen molar-refractivity contribution in [3.05, 3.63) is 12.3 Å². The van der Waals surface area contributed by atoms with Gasteiger partial charge in [-0.2, -0.15) is 5.10 Å². The number of hydrogen-bond acceptors (Lipinski definition) is 3. The zero-order valence-corrected chi connectivity index (χ0v) is 12.0. The molecule has 0 aromatic carbocycles. The highest BCUT2D eigenvalue weighted by molar-refractivity contribution is 5.93. The molecule has 0 aliphatic heterocycles. The lowest BCUT2D eigenvalue weighted by Crippen LogP contribution is -2.18. The van der Waals surface area contributed by atoms with E-state index in [0.29, 0.717) is 11.7 Å². The van der Waals surface area contributed by atoms with Crippen LogP contribution in [0.15, 0.2) is 12.3 Å². The van der Waals surface area contributed by atoms with Gasteiger partial charge in [-0.3, -0.25) is 14.3 Å². The number of carboxylic acid groups (broad SMARTS) is 1. The number of carboxylic acids is 1. The first-order chi connectivity index (χ1) is 10.1. The van der Waals surface area contributed by atoms with E-state index in [1.54, 1.807) is 12.3 Å². The van der Waals surface area contributed by atoms with E-state index in [1.165, 1.54) is 36.8 Å². The maximum atomic E-state index is 12.2. The number of nitrogens with one attached hydrogen (secondary N) is 1. The molecule has 2 atom stereocenters. The van der Waals surface area contributed by atoms with Crippen molar-refractivity contribution < 1.29 is 14.7 Å². The van der Waals surface area contributed by atoms with Crippen molar-refractivity contribution in [2.75, 3.05) is 5.32 Å². The van der Waals surface area contributed by atoms with Crippen LogP contribution in [0.5, 0.6) is 0 Å². The summed E-state index contributed by atoms with van der Waals surface area (Å²) in [5.74, 6) is 0.917. The van der Waals surface area contributed by atoms with Crippen LogP contribution in [-0.4, -0.2) is 26.8 Å². The maximum Gasteiger partial charge on any atom is 0.325 e. The molecule has 2 aliphatic rings. The van der Waals surface area contributed by atoms with Crippen molar-refractivity contribution in [2.24, 2.45) is 17.8 Å². The predicted molar refractivity (Wildman–Crippen MR) is 76.7 cm³/mol. The predicted octanol–water partition coefficient (Wildman–Crippen LogP) is 2.12. The van der Waals surface area contributed by atoms with Crippen molar-refractivity contribution in [3.63, 3.8) is 0 Å². The quantitative estimate of drug-likeness (QED) is 0.870. The fraction of sp³-hybridized carbons (Fsp3) is 0.667. The molecular weight excluding hydrogens is 270 g/mol. The summed E-state index contributed by atoms with van der Waals surface area (Å²) in [6, 6.07) is 1.64. The molecule has 0 bridgehead atoms. The summed E-state index contributed by atoms with van der Waals surface area (Å²) in [6.07, 6.45) is 9.02. The van der Waals surface area contributed by atoms with Crippen LogP contribution in [0.25, 0.3) is 0 Å². The summed E-state index contributed by atoms with van der Waals surface area (Å²) in [7, 11) is 0. The summed E-state index contributed by atoms with van der Waals surface area (Å²) >= 11 is 0. The Kier molecular flexibility index (Phi) is 3.94. The average Bonchev–Trinajstić information content (AvgIpc) is 3.16. The molecule has 3 rings (SSSR count).